The number of ether oxygens (including phenoxy) is 1. The van der Waals surface area contributed by atoms with Gasteiger partial charge >= 0.3 is 0 Å². The quantitative estimate of drug-likeness (QED) is 0.750. The van der Waals surface area contributed by atoms with Gasteiger partial charge in [-0.3, -0.25) is 0 Å². The van der Waals surface area contributed by atoms with Crippen molar-refractivity contribution in [2.75, 3.05) is 24.7 Å². The van der Waals surface area contributed by atoms with E-state index in [1.807, 2.05) is 18.2 Å². The smallest absolute Gasteiger partial charge is 0.122 e. The third-order valence-corrected chi connectivity index (χ3v) is 3.54. The molecule has 16 heavy (non-hydrogen) atoms. The standard InChI is InChI=1S/C13H20N2O/c1-3-13(4-5-13)9-15-11-6-10(14)7-12(8-11)16-2/h6-8,15H,3-5,9,14H2,1-2H3. The first-order valence-electron chi connectivity index (χ1n) is 5.86. The van der Waals surface area contributed by atoms with Crippen LogP contribution in [0.3, 0.4) is 0 Å². The molecule has 0 aromatic heterocycles. The minimum atomic E-state index is 0.540. The summed E-state index contributed by atoms with van der Waals surface area (Å²) in [5.41, 5.74) is 8.13. The summed E-state index contributed by atoms with van der Waals surface area (Å²) in [7, 11) is 1.66. The summed E-state index contributed by atoms with van der Waals surface area (Å²) in [5, 5.41) is 3.45. The first-order chi connectivity index (χ1) is 7.67. The van der Waals surface area contributed by atoms with E-state index in [1.54, 1.807) is 7.11 Å². The predicted octanol–water partition coefficient (Wildman–Crippen LogP) is 2.88. The van der Waals surface area contributed by atoms with Gasteiger partial charge in [0, 0.05) is 30.1 Å². The van der Waals surface area contributed by atoms with E-state index in [0.29, 0.717) is 5.41 Å². The van der Waals surface area contributed by atoms with Crippen LogP contribution >= 0.6 is 0 Å². The minimum absolute atomic E-state index is 0.540. The van der Waals surface area contributed by atoms with E-state index >= 15 is 0 Å². The maximum absolute atomic E-state index is 5.80. The molecule has 0 aliphatic heterocycles. The molecule has 1 saturated carbocycles. The molecule has 0 amide bonds. The molecule has 3 nitrogen and oxygen atoms in total. The lowest BCUT2D eigenvalue weighted by molar-refractivity contribution is 0.415. The van der Waals surface area contributed by atoms with Crippen molar-refractivity contribution in [3.05, 3.63) is 18.2 Å². The number of hydrogen-bond donors (Lipinski definition) is 2. The molecular formula is C13H20N2O. The SMILES string of the molecule is CCC1(CNc2cc(N)cc(OC)c2)CC1. The summed E-state index contributed by atoms with van der Waals surface area (Å²) < 4.78 is 5.19. The van der Waals surface area contributed by atoms with Crippen LogP contribution in [-0.2, 0) is 0 Å². The van der Waals surface area contributed by atoms with Gasteiger partial charge in [0.15, 0.2) is 0 Å². The van der Waals surface area contributed by atoms with Crippen molar-refractivity contribution in [3.8, 4) is 5.75 Å². The van der Waals surface area contributed by atoms with Crippen LogP contribution in [0.1, 0.15) is 26.2 Å². The van der Waals surface area contributed by atoms with Crippen LogP contribution in [0.25, 0.3) is 0 Å². The molecule has 0 bridgehead atoms. The predicted molar refractivity (Wildman–Crippen MR) is 67.9 cm³/mol. The van der Waals surface area contributed by atoms with E-state index in [2.05, 4.69) is 12.2 Å². The molecule has 1 aliphatic rings. The van der Waals surface area contributed by atoms with Gasteiger partial charge in [-0.15, -0.1) is 0 Å². The number of anilines is 2. The van der Waals surface area contributed by atoms with Gasteiger partial charge in [-0.1, -0.05) is 6.92 Å². The molecule has 1 fully saturated rings. The van der Waals surface area contributed by atoms with Crippen molar-refractivity contribution in [3.63, 3.8) is 0 Å². The van der Waals surface area contributed by atoms with Gasteiger partial charge in [0.2, 0.25) is 0 Å². The molecule has 1 aliphatic carbocycles. The highest BCUT2D eigenvalue weighted by Crippen LogP contribution is 2.48. The Bertz CT molecular complexity index is 372. The number of nitrogen functional groups attached to an aromatic ring is 1. The summed E-state index contributed by atoms with van der Waals surface area (Å²) in [4.78, 5) is 0. The molecule has 1 aromatic rings. The maximum Gasteiger partial charge on any atom is 0.122 e. The van der Waals surface area contributed by atoms with Crippen molar-refractivity contribution in [2.24, 2.45) is 5.41 Å². The third-order valence-electron chi connectivity index (χ3n) is 3.54. The van der Waals surface area contributed by atoms with Crippen LogP contribution in [0.5, 0.6) is 5.75 Å². The molecule has 0 spiro atoms. The monoisotopic (exact) mass is 220 g/mol. The molecule has 88 valence electrons. The Morgan fingerprint density at radius 2 is 2.12 bits per heavy atom. The lowest BCUT2D eigenvalue weighted by atomic mass is 10.0. The van der Waals surface area contributed by atoms with E-state index in [-0.39, 0.29) is 0 Å². The average molecular weight is 220 g/mol. The highest BCUT2D eigenvalue weighted by Gasteiger charge is 2.40. The number of rotatable bonds is 5. The average Bonchev–Trinajstić information content (AvgIpc) is 3.06. The molecule has 0 heterocycles. The van der Waals surface area contributed by atoms with Gasteiger partial charge in [0.05, 0.1) is 7.11 Å². The van der Waals surface area contributed by atoms with Crippen LogP contribution < -0.4 is 15.8 Å². The summed E-state index contributed by atoms with van der Waals surface area (Å²) >= 11 is 0. The second-order valence-corrected chi connectivity index (χ2v) is 4.70. The molecule has 3 heteroatoms. The maximum atomic E-state index is 5.80. The van der Waals surface area contributed by atoms with Crippen molar-refractivity contribution < 1.29 is 4.74 Å². The van der Waals surface area contributed by atoms with E-state index in [0.717, 1.165) is 23.7 Å². The summed E-state index contributed by atoms with van der Waals surface area (Å²) in [6.07, 6.45) is 3.94. The van der Waals surface area contributed by atoms with Crippen LogP contribution in [0.15, 0.2) is 18.2 Å². The number of nitrogens with one attached hydrogen (secondary N) is 1. The lowest BCUT2D eigenvalue weighted by Crippen LogP contribution is -2.14. The Morgan fingerprint density at radius 1 is 1.38 bits per heavy atom. The molecule has 0 atom stereocenters. The van der Waals surface area contributed by atoms with Crippen LogP contribution in [0.2, 0.25) is 0 Å². The normalized spacial score (nSPS) is 16.9. The Balaban J connectivity index is 2.01. The molecule has 3 N–H and O–H groups in total. The van der Waals surface area contributed by atoms with Gasteiger partial charge < -0.3 is 15.8 Å². The zero-order valence-electron chi connectivity index (χ0n) is 10.0. The Hall–Kier alpha value is -1.38. The zero-order chi connectivity index (χ0) is 11.6. The van der Waals surface area contributed by atoms with E-state index < -0.39 is 0 Å². The topological polar surface area (TPSA) is 47.3 Å². The van der Waals surface area contributed by atoms with Gasteiger partial charge in [-0.2, -0.15) is 0 Å². The molecule has 0 radical (unpaired) electrons. The highest BCUT2D eigenvalue weighted by molar-refractivity contribution is 5.59. The summed E-state index contributed by atoms with van der Waals surface area (Å²) in [5.74, 6) is 0.809. The second-order valence-electron chi connectivity index (χ2n) is 4.70. The molecule has 1 aromatic carbocycles. The van der Waals surface area contributed by atoms with Crippen molar-refractivity contribution in [1.29, 1.82) is 0 Å². The lowest BCUT2D eigenvalue weighted by Gasteiger charge is -2.15. The first-order valence-corrected chi connectivity index (χ1v) is 5.86. The molecular weight excluding hydrogens is 200 g/mol. The van der Waals surface area contributed by atoms with Crippen molar-refractivity contribution in [1.82, 2.24) is 0 Å². The third kappa shape index (κ3) is 2.40. The fraction of sp³-hybridized carbons (Fsp3) is 0.538. The fourth-order valence-corrected chi connectivity index (χ4v) is 1.96. The van der Waals surface area contributed by atoms with Crippen molar-refractivity contribution >= 4 is 11.4 Å². The number of hydrogen-bond acceptors (Lipinski definition) is 3. The van der Waals surface area contributed by atoms with Gasteiger partial charge in [-0.05, 0) is 30.7 Å². The Kier molecular flexibility index (Phi) is 2.95. The molecule has 2 rings (SSSR count). The first kappa shape index (κ1) is 11.1. The van der Waals surface area contributed by atoms with Crippen LogP contribution in [-0.4, -0.2) is 13.7 Å². The number of methoxy groups -OCH3 is 1. The summed E-state index contributed by atoms with van der Waals surface area (Å²) in [6.45, 7) is 3.30. The highest BCUT2D eigenvalue weighted by atomic mass is 16.5. The van der Waals surface area contributed by atoms with Gasteiger partial charge in [0.1, 0.15) is 5.75 Å². The zero-order valence-corrected chi connectivity index (χ0v) is 10.0. The fourth-order valence-electron chi connectivity index (χ4n) is 1.96. The van der Waals surface area contributed by atoms with E-state index in [1.165, 1.54) is 19.3 Å². The second kappa shape index (κ2) is 4.24. The van der Waals surface area contributed by atoms with Crippen molar-refractivity contribution in [2.45, 2.75) is 26.2 Å². The summed E-state index contributed by atoms with van der Waals surface area (Å²) in [6, 6.07) is 5.77. The largest absolute Gasteiger partial charge is 0.497 e. The number of nitrogens with two attached hydrogens (primary N) is 1. The Morgan fingerprint density at radius 3 is 2.69 bits per heavy atom. The van der Waals surface area contributed by atoms with Crippen LogP contribution in [0.4, 0.5) is 11.4 Å². The minimum Gasteiger partial charge on any atom is -0.497 e. The molecule has 0 unspecified atom stereocenters. The van der Waals surface area contributed by atoms with E-state index in [9.17, 15) is 0 Å². The number of benzene rings is 1. The van der Waals surface area contributed by atoms with Gasteiger partial charge in [0.25, 0.3) is 0 Å². The van der Waals surface area contributed by atoms with Crippen LogP contribution in [0, 0.1) is 5.41 Å². The van der Waals surface area contributed by atoms with Gasteiger partial charge in [-0.25, -0.2) is 0 Å². The Labute approximate surface area is 97.0 Å². The molecule has 0 saturated heterocycles. The van der Waals surface area contributed by atoms with E-state index in [4.69, 9.17) is 10.5 Å².